The third-order valence-corrected chi connectivity index (χ3v) is 2.93. The van der Waals surface area contributed by atoms with Gasteiger partial charge in [0.2, 0.25) is 6.20 Å². The largest absolute Gasteiger partial charge is 0.595 e. The monoisotopic (exact) mass is 268 g/mol. The maximum absolute atomic E-state index is 11.6. The fourth-order valence-electron chi connectivity index (χ4n) is 1.33. The molecule has 5 heteroatoms. The number of azo groups is 1. The van der Waals surface area contributed by atoms with Crippen molar-refractivity contribution in [2.45, 2.75) is 32.9 Å². The number of allylic oxidation sites excluding steroid dienone is 1. The van der Waals surface area contributed by atoms with Gasteiger partial charge in [-0.1, -0.05) is 34.7 Å². The molecule has 4 nitrogen and oxygen atoms in total. The van der Waals surface area contributed by atoms with Crippen molar-refractivity contribution >= 4 is 17.2 Å². The van der Waals surface area contributed by atoms with Crippen molar-refractivity contribution in [1.29, 1.82) is 0 Å². The summed E-state index contributed by atoms with van der Waals surface area (Å²) < 4.78 is 0. The molecule has 2 atom stereocenters. The topological polar surface area (TPSA) is 58.7 Å². The molecule has 0 aliphatic rings. The van der Waals surface area contributed by atoms with Gasteiger partial charge in [-0.25, -0.2) is 0 Å². The van der Waals surface area contributed by atoms with Crippen LogP contribution in [0.3, 0.4) is 0 Å². The summed E-state index contributed by atoms with van der Waals surface area (Å²) in [5, 5.41) is 25.2. The zero-order chi connectivity index (χ0) is 13.7. The van der Waals surface area contributed by atoms with Gasteiger partial charge < -0.3 is 10.3 Å². The average Bonchev–Trinajstić information content (AvgIpc) is 2.28. The van der Waals surface area contributed by atoms with E-state index in [9.17, 15) is 10.3 Å². The summed E-state index contributed by atoms with van der Waals surface area (Å²) in [4.78, 5) is 0.468. The Labute approximate surface area is 112 Å². The lowest BCUT2D eigenvalue weighted by Gasteiger charge is -2.07. The molecule has 0 bridgehead atoms. The predicted octanol–water partition coefficient (Wildman–Crippen LogP) is 3.43. The van der Waals surface area contributed by atoms with Crippen molar-refractivity contribution in [2.75, 3.05) is 0 Å². The lowest BCUT2D eigenvalue weighted by Crippen LogP contribution is -2.18. The normalized spacial score (nSPS) is 16.5. The van der Waals surface area contributed by atoms with Crippen molar-refractivity contribution in [3.63, 3.8) is 0 Å². The van der Waals surface area contributed by atoms with E-state index in [2.05, 4.69) is 5.11 Å². The van der Waals surface area contributed by atoms with Crippen LogP contribution in [0, 0.1) is 5.21 Å². The van der Waals surface area contributed by atoms with Crippen LogP contribution in [-0.2, 0) is 0 Å². The van der Waals surface area contributed by atoms with E-state index in [-0.39, 0.29) is 0 Å². The van der Waals surface area contributed by atoms with E-state index in [1.165, 1.54) is 6.20 Å². The molecule has 1 aromatic carbocycles. The van der Waals surface area contributed by atoms with E-state index < -0.39 is 12.1 Å². The molecule has 0 fully saturated rings. The molecule has 0 radical (unpaired) electrons. The number of hydrogen-bond donors (Lipinski definition) is 1. The van der Waals surface area contributed by atoms with Gasteiger partial charge in [0, 0.05) is 16.2 Å². The van der Waals surface area contributed by atoms with Crippen molar-refractivity contribution in [3.05, 3.63) is 46.3 Å². The molecule has 1 aromatic rings. The van der Waals surface area contributed by atoms with Crippen molar-refractivity contribution in [3.8, 4) is 0 Å². The van der Waals surface area contributed by atoms with Gasteiger partial charge in [0.1, 0.15) is 6.04 Å². The number of rotatable bonds is 4. The Morgan fingerprint density at radius 3 is 2.61 bits per heavy atom. The van der Waals surface area contributed by atoms with Crippen LogP contribution in [0.15, 0.2) is 35.6 Å². The molecule has 0 amide bonds. The molecule has 0 aliphatic carbocycles. The van der Waals surface area contributed by atoms with Crippen molar-refractivity contribution < 1.29 is 9.97 Å². The minimum atomic E-state index is -0.657. The van der Waals surface area contributed by atoms with E-state index >= 15 is 0 Å². The maximum Gasteiger partial charge on any atom is 0.212 e. The van der Waals surface area contributed by atoms with Crippen LogP contribution in [0.1, 0.15) is 26.3 Å². The van der Waals surface area contributed by atoms with E-state index in [4.69, 9.17) is 11.6 Å². The maximum atomic E-state index is 11.6. The van der Waals surface area contributed by atoms with Crippen LogP contribution >= 0.6 is 11.6 Å². The van der Waals surface area contributed by atoms with Crippen LogP contribution in [0.5, 0.6) is 0 Å². The second-order valence-electron chi connectivity index (χ2n) is 4.19. The standard InChI is InChI=1S/C13H17ClN2O2/c1-9(12-6-4-5-7-13(12)14)8-16(18)15-10(2)11(3)17/h4-8,10-11,17H,1-3H3/b9-8+,16-15?. The van der Waals surface area contributed by atoms with E-state index in [1.54, 1.807) is 26.8 Å². The van der Waals surface area contributed by atoms with Gasteiger partial charge in [0.05, 0.1) is 6.10 Å². The molecule has 0 aliphatic heterocycles. The highest BCUT2D eigenvalue weighted by Crippen LogP contribution is 2.22. The molecule has 1 rings (SSSR count). The van der Waals surface area contributed by atoms with Gasteiger partial charge in [0.15, 0.2) is 0 Å². The van der Waals surface area contributed by atoms with E-state index in [0.717, 1.165) is 11.1 Å². The van der Waals surface area contributed by atoms with Crippen molar-refractivity contribution in [2.24, 2.45) is 5.11 Å². The highest BCUT2D eigenvalue weighted by Gasteiger charge is 2.11. The summed E-state index contributed by atoms with van der Waals surface area (Å²) in [5.74, 6) is 0. The summed E-state index contributed by atoms with van der Waals surface area (Å²) in [5.41, 5.74) is 1.51. The molecular weight excluding hydrogens is 252 g/mol. The molecule has 0 saturated carbocycles. The Hall–Kier alpha value is -1.39. The Morgan fingerprint density at radius 1 is 1.44 bits per heavy atom. The second kappa shape index (κ2) is 6.52. The third kappa shape index (κ3) is 4.13. The van der Waals surface area contributed by atoms with Crippen LogP contribution in [0.4, 0.5) is 0 Å². The number of benzene rings is 1. The summed E-state index contributed by atoms with van der Waals surface area (Å²) in [7, 11) is 0. The number of hydroxylamine groups is 1. The smallest absolute Gasteiger partial charge is 0.212 e. The first kappa shape index (κ1) is 14.7. The average molecular weight is 269 g/mol. The Morgan fingerprint density at radius 2 is 2.06 bits per heavy atom. The zero-order valence-corrected chi connectivity index (χ0v) is 11.4. The Bertz CT molecular complexity index is 470. The quantitative estimate of drug-likeness (QED) is 0.517. The molecule has 18 heavy (non-hydrogen) atoms. The van der Waals surface area contributed by atoms with Crippen LogP contribution in [-0.4, -0.2) is 22.1 Å². The molecule has 0 saturated heterocycles. The second-order valence-corrected chi connectivity index (χ2v) is 4.60. The SMILES string of the molecule is C/C(=C\[N+]([O-])=NC(C)C(C)O)c1ccccc1Cl. The van der Waals surface area contributed by atoms with Gasteiger partial charge in [0.25, 0.3) is 0 Å². The highest BCUT2D eigenvalue weighted by molar-refractivity contribution is 6.32. The van der Waals surface area contributed by atoms with Crippen LogP contribution < -0.4 is 0 Å². The van der Waals surface area contributed by atoms with E-state index in [0.29, 0.717) is 9.88 Å². The van der Waals surface area contributed by atoms with Gasteiger partial charge in [-0.2, -0.15) is 0 Å². The summed E-state index contributed by atoms with van der Waals surface area (Å²) in [6.45, 7) is 5.05. The third-order valence-electron chi connectivity index (χ3n) is 2.60. The van der Waals surface area contributed by atoms with Crippen molar-refractivity contribution in [1.82, 2.24) is 0 Å². The first-order chi connectivity index (χ1) is 8.41. The number of halogens is 1. The number of aliphatic hydroxyl groups excluding tert-OH is 1. The number of hydrogen-bond acceptors (Lipinski definition) is 3. The minimum absolute atomic E-state index is 0.446. The van der Waals surface area contributed by atoms with Gasteiger partial charge in [-0.3, -0.25) is 0 Å². The first-order valence-electron chi connectivity index (χ1n) is 5.70. The Kier molecular flexibility index (Phi) is 5.31. The lowest BCUT2D eigenvalue weighted by atomic mass is 10.1. The molecule has 0 heterocycles. The molecule has 0 spiro atoms. The fourth-order valence-corrected chi connectivity index (χ4v) is 1.61. The number of aliphatic hydroxyl groups is 1. The lowest BCUT2D eigenvalue weighted by molar-refractivity contribution is -0.462. The number of nitrogens with zero attached hydrogens (tertiary/aromatic N) is 2. The fraction of sp³-hybridized carbons (Fsp3) is 0.385. The minimum Gasteiger partial charge on any atom is -0.595 e. The predicted molar refractivity (Wildman–Crippen MR) is 72.3 cm³/mol. The molecule has 98 valence electrons. The molecule has 1 N–H and O–H groups in total. The molecule has 2 unspecified atom stereocenters. The highest BCUT2D eigenvalue weighted by atomic mass is 35.5. The zero-order valence-electron chi connectivity index (χ0n) is 10.7. The molecule has 0 aromatic heterocycles. The molecular formula is C13H17ClN2O2. The van der Waals surface area contributed by atoms with E-state index in [1.807, 2.05) is 18.2 Å². The van der Waals surface area contributed by atoms with Gasteiger partial charge >= 0.3 is 0 Å². The summed E-state index contributed by atoms with van der Waals surface area (Å²) in [6, 6.07) is 6.83. The van der Waals surface area contributed by atoms with Gasteiger partial charge in [-0.15, -0.1) is 0 Å². The summed E-state index contributed by atoms with van der Waals surface area (Å²) >= 11 is 6.03. The Balaban J connectivity index is 2.93. The van der Waals surface area contributed by atoms with Gasteiger partial charge in [-0.05, 0) is 32.0 Å². The van der Waals surface area contributed by atoms with Crippen LogP contribution in [0.25, 0.3) is 5.57 Å². The summed E-state index contributed by atoms with van der Waals surface area (Å²) in [6.07, 6.45) is 0.690. The van der Waals surface area contributed by atoms with Crippen LogP contribution in [0.2, 0.25) is 5.02 Å². The first-order valence-corrected chi connectivity index (χ1v) is 6.08.